The highest BCUT2D eigenvalue weighted by Crippen LogP contribution is 2.25. The first kappa shape index (κ1) is 15.1. The zero-order chi connectivity index (χ0) is 16.7. The molecule has 1 N–H and O–H groups in total. The molecule has 4 heterocycles. The minimum Gasteiger partial charge on any atom is -0.331 e. The Hall–Kier alpha value is -2.45. The number of aryl methyl sites for hydroxylation is 1. The standard InChI is InChI=1S/C16H12BrN5OS/c1-21-13(7-10-4-6-24-16(10)21)15(23)20-12-3-2-5-18-14(12)22-9-11(17)8-19-22/h2-9H,1H3,(H,20,23). The maximum atomic E-state index is 12.7. The molecule has 120 valence electrons. The van der Waals surface area contributed by atoms with Crippen LogP contribution in [0.3, 0.4) is 0 Å². The van der Waals surface area contributed by atoms with E-state index >= 15 is 0 Å². The zero-order valence-electron chi connectivity index (χ0n) is 12.6. The quantitative estimate of drug-likeness (QED) is 0.567. The summed E-state index contributed by atoms with van der Waals surface area (Å²) in [6.45, 7) is 0. The average molecular weight is 402 g/mol. The lowest BCUT2D eigenvalue weighted by molar-refractivity contribution is 0.101. The van der Waals surface area contributed by atoms with Crippen molar-refractivity contribution in [3.63, 3.8) is 0 Å². The van der Waals surface area contributed by atoms with Gasteiger partial charge in [-0.05, 0) is 45.6 Å². The highest BCUT2D eigenvalue weighted by atomic mass is 79.9. The second-order valence-electron chi connectivity index (χ2n) is 5.20. The summed E-state index contributed by atoms with van der Waals surface area (Å²) in [5, 5.41) is 10.2. The van der Waals surface area contributed by atoms with Gasteiger partial charge in [0, 0.05) is 24.8 Å². The third kappa shape index (κ3) is 2.53. The Labute approximate surface area is 149 Å². The smallest absolute Gasteiger partial charge is 0.272 e. The number of hydrogen-bond acceptors (Lipinski definition) is 4. The van der Waals surface area contributed by atoms with E-state index in [1.807, 2.05) is 29.1 Å². The van der Waals surface area contributed by atoms with Crippen molar-refractivity contribution in [3.8, 4) is 5.82 Å². The van der Waals surface area contributed by atoms with E-state index in [9.17, 15) is 4.79 Å². The Morgan fingerprint density at radius 2 is 2.25 bits per heavy atom. The second-order valence-corrected chi connectivity index (χ2v) is 7.01. The fourth-order valence-corrected chi connectivity index (χ4v) is 3.69. The maximum absolute atomic E-state index is 12.7. The summed E-state index contributed by atoms with van der Waals surface area (Å²) in [6, 6.07) is 7.48. The van der Waals surface area contributed by atoms with Crippen molar-refractivity contribution >= 4 is 49.1 Å². The summed E-state index contributed by atoms with van der Waals surface area (Å²) in [5.41, 5.74) is 1.20. The lowest BCUT2D eigenvalue weighted by atomic mass is 10.3. The van der Waals surface area contributed by atoms with Crippen LogP contribution in [0.4, 0.5) is 5.69 Å². The van der Waals surface area contributed by atoms with Gasteiger partial charge in [0.05, 0.1) is 16.4 Å². The molecule has 0 aliphatic carbocycles. The van der Waals surface area contributed by atoms with Gasteiger partial charge in [-0.3, -0.25) is 4.79 Å². The molecule has 6 nitrogen and oxygen atoms in total. The summed E-state index contributed by atoms with van der Waals surface area (Å²) in [6.07, 6.45) is 5.13. The third-order valence-corrected chi connectivity index (χ3v) is 5.08. The van der Waals surface area contributed by atoms with Crippen LogP contribution in [0.1, 0.15) is 10.5 Å². The zero-order valence-corrected chi connectivity index (χ0v) is 15.0. The topological polar surface area (TPSA) is 64.7 Å². The van der Waals surface area contributed by atoms with Crippen molar-refractivity contribution in [3.05, 3.63) is 58.4 Å². The number of anilines is 1. The van der Waals surface area contributed by atoms with Crippen LogP contribution in [0.2, 0.25) is 0 Å². The van der Waals surface area contributed by atoms with Crippen molar-refractivity contribution in [2.45, 2.75) is 0 Å². The number of pyridine rings is 1. The summed E-state index contributed by atoms with van der Waals surface area (Å²) in [7, 11) is 1.89. The van der Waals surface area contributed by atoms with E-state index < -0.39 is 0 Å². The summed E-state index contributed by atoms with van der Waals surface area (Å²) in [4.78, 5) is 18.1. The Balaban J connectivity index is 1.69. The fourth-order valence-electron chi connectivity index (χ4n) is 2.55. The monoisotopic (exact) mass is 401 g/mol. The number of amides is 1. The number of halogens is 1. The van der Waals surface area contributed by atoms with E-state index in [1.165, 1.54) is 0 Å². The first-order valence-corrected chi connectivity index (χ1v) is 8.80. The number of carbonyl (C=O) groups excluding carboxylic acids is 1. The van der Waals surface area contributed by atoms with E-state index in [4.69, 9.17) is 0 Å². The first-order valence-electron chi connectivity index (χ1n) is 7.13. The Morgan fingerprint density at radius 1 is 1.38 bits per heavy atom. The number of carbonyl (C=O) groups is 1. The molecule has 8 heteroatoms. The van der Waals surface area contributed by atoms with E-state index in [-0.39, 0.29) is 5.91 Å². The van der Waals surface area contributed by atoms with Gasteiger partial charge in [-0.2, -0.15) is 5.10 Å². The molecule has 0 atom stereocenters. The van der Waals surface area contributed by atoms with Crippen molar-refractivity contribution in [2.75, 3.05) is 5.32 Å². The van der Waals surface area contributed by atoms with Crippen molar-refractivity contribution in [1.29, 1.82) is 0 Å². The van der Waals surface area contributed by atoms with Crippen molar-refractivity contribution in [2.24, 2.45) is 7.05 Å². The predicted octanol–water partition coefficient (Wildman–Crippen LogP) is 3.84. The van der Waals surface area contributed by atoms with Crippen LogP contribution in [-0.4, -0.2) is 25.2 Å². The molecule has 0 saturated carbocycles. The van der Waals surface area contributed by atoms with Gasteiger partial charge in [-0.1, -0.05) is 0 Å². The molecule has 0 unspecified atom stereocenters. The maximum Gasteiger partial charge on any atom is 0.272 e. The molecule has 4 aromatic heterocycles. The highest BCUT2D eigenvalue weighted by molar-refractivity contribution is 9.10. The van der Waals surface area contributed by atoms with E-state index in [1.54, 1.807) is 46.7 Å². The molecule has 0 aliphatic heterocycles. The van der Waals surface area contributed by atoms with Gasteiger partial charge in [0.2, 0.25) is 0 Å². The Kier molecular flexibility index (Phi) is 3.70. The minimum atomic E-state index is -0.179. The molecule has 0 spiro atoms. The Morgan fingerprint density at radius 3 is 3.00 bits per heavy atom. The van der Waals surface area contributed by atoms with Gasteiger partial charge < -0.3 is 9.88 Å². The van der Waals surface area contributed by atoms with Gasteiger partial charge in [-0.15, -0.1) is 11.3 Å². The Bertz CT molecular complexity index is 1050. The van der Waals surface area contributed by atoms with Crippen molar-refractivity contribution in [1.82, 2.24) is 19.3 Å². The number of thiophene rings is 1. The van der Waals surface area contributed by atoms with Crippen LogP contribution in [-0.2, 0) is 7.05 Å². The molecule has 0 fully saturated rings. The molecular formula is C16H12BrN5OS. The average Bonchev–Trinajstić information content (AvgIpc) is 3.26. The van der Waals surface area contributed by atoms with E-state index in [0.717, 1.165) is 14.7 Å². The molecule has 0 aromatic carbocycles. The van der Waals surface area contributed by atoms with Crippen LogP contribution in [0.25, 0.3) is 16.0 Å². The molecule has 0 saturated heterocycles. The number of fused-ring (bicyclic) bond motifs is 1. The van der Waals surface area contributed by atoms with Gasteiger partial charge >= 0.3 is 0 Å². The lowest BCUT2D eigenvalue weighted by Gasteiger charge is -2.10. The van der Waals surface area contributed by atoms with Crippen LogP contribution in [0.15, 0.2) is 52.7 Å². The number of rotatable bonds is 3. The highest BCUT2D eigenvalue weighted by Gasteiger charge is 2.16. The van der Waals surface area contributed by atoms with Crippen LogP contribution in [0.5, 0.6) is 0 Å². The van der Waals surface area contributed by atoms with Crippen LogP contribution < -0.4 is 5.32 Å². The third-order valence-electron chi connectivity index (χ3n) is 3.67. The molecule has 4 rings (SSSR count). The molecule has 0 aliphatic rings. The molecule has 1 amide bonds. The largest absolute Gasteiger partial charge is 0.331 e. The number of nitrogens with zero attached hydrogens (tertiary/aromatic N) is 4. The van der Waals surface area contributed by atoms with Crippen LogP contribution >= 0.6 is 27.3 Å². The van der Waals surface area contributed by atoms with E-state index in [2.05, 4.69) is 31.3 Å². The SMILES string of the molecule is Cn1c(C(=O)Nc2cccnc2-n2cc(Br)cn2)cc2ccsc21. The number of aromatic nitrogens is 4. The summed E-state index contributed by atoms with van der Waals surface area (Å²) < 4.78 is 4.35. The molecule has 24 heavy (non-hydrogen) atoms. The summed E-state index contributed by atoms with van der Waals surface area (Å²) in [5.74, 6) is 0.383. The first-order chi connectivity index (χ1) is 11.6. The molecule has 0 radical (unpaired) electrons. The second kappa shape index (κ2) is 5.88. The summed E-state index contributed by atoms with van der Waals surface area (Å²) >= 11 is 4.98. The van der Waals surface area contributed by atoms with Crippen molar-refractivity contribution < 1.29 is 4.79 Å². The lowest BCUT2D eigenvalue weighted by Crippen LogP contribution is -2.17. The van der Waals surface area contributed by atoms with Gasteiger partial charge in [0.15, 0.2) is 5.82 Å². The number of nitrogens with one attached hydrogen (secondary N) is 1. The predicted molar refractivity (Wildman–Crippen MR) is 97.8 cm³/mol. The molecule has 4 aromatic rings. The van der Waals surface area contributed by atoms with Gasteiger partial charge in [0.25, 0.3) is 5.91 Å². The fraction of sp³-hybridized carbons (Fsp3) is 0.0625. The number of hydrogen-bond donors (Lipinski definition) is 1. The minimum absolute atomic E-state index is 0.179. The molecular weight excluding hydrogens is 390 g/mol. The van der Waals surface area contributed by atoms with Crippen LogP contribution in [0, 0.1) is 0 Å². The van der Waals surface area contributed by atoms with Gasteiger partial charge in [0.1, 0.15) is 10.5 Å². The van der Waals surface area contributed by atoms with Gasteiger partial charge in [-0.25, -0.2) is 9.67 Å². The van der Waals surface area contributed by atoms with E-state index in [0.29, 0.717) is 17.2 Å². The molecule has 0 bridgehead atoms. The normalized spacial score (nSPS) is 11.1.